The highest BCUT2D eigenvalue weighted by Gasteiger charge is 2.38. The fourth-order valence-electron chi connectivity index (χ4n) is 2.10. The second-order valence-electron chi connectivity index (χ2n) is 5.31. The minimum absolute atomic E-state index is 0.0825. The predicted octanol–water partition coefficient (Wildman–Crippen LogP) is 1.46. The first-order valence-corrected chi connectivity index (χ1v) is 7.21. The molecule has 22 heavy (non-hydrogen) atoms. The molecule has 2 rings (SSSR count). The fourth-order valence-corrected chi connectivity index (χ4v) is 2.10. The second kappa shape index (κ2) is 6.98. The molecular formula is C15H19N5O2. The predicted molar refractivity (Wildman–Crippen MR) is 80.1 cm³/mol. The molecule has 7 nitrogen and oxygen atoms in total. The maximum atomic E-state index is 11.8. The van der Waals surface area contributed by atoms with Gasteiger partial charge in [-0.15, -0.1) is 12.3 Å². The average molecular weight is 301 g/mol. The summed E-state index contributed by atoms with van der Waals surface area (Å²) in [7, 11) is 1.74. The van der Waals surface area contributed by atoms with E-state index < -0.39 is 0 Å². The van der Waals surface area contributed by atoms with Crippen LogP contribution in [-0.2, 0) is 11.8 Å². The van der Waals surface area contributed by atoms with Crippen LogP contribution in [0.25, 0.3) is 0 Å². The smallest absolute Gasteiger partial charge is 0.220 e. The van der Waals surface area contributed by atoms with Crippen molar-refractivity contribution in [2.45, 2.75) is 37.8 Å². The van der Waals surface area contributed by atoms with Gasteiger partial charge in [-0.1, -0.05) is 0 Å². The van der Waals surface area contributed by atoms with E-state index in [2.05, 4.69) is 26.6 Å². The zero-order chi connectivity index (χ0) is 16.0. The van der Waals surface area contributed by atoms with Crippen LogP contribution in [0.2, 0.25) is 0 Å². The Kier molecular flexibility index (Phi) is 5.04. The number of nitrogens with one attached hydrogen (secondary N) is 1. The number of aromatic nitrogens is 2. The van der Waals surface area contributed by atoms with Gasteiger partial charge in [0.1, 0.15) is 0 Å². The first-order chi connectivity index (χ1) is 10.5. The molecule has 2 heterocycles. The number of hydrogen-bond acceptors (Lipinski definition) is 5. The van der Waals surface area contributed by atoms with E-state index in [1.54, 1.807) is 17.9 Å². The van der Waals surface area contributed by atoms with Crippen LogP contribution in [0.3, 0.4) is 0 Å². The summed E-state index contributed by atoms with van der Waals surface area (Å²) in [6, 6.07) is 0. The van der Waals surface area contributed by atoms with Crippen molar-refractivity contribution in [3.63, 3.8) is 0 Å². The number of hydrogen-bond donors (Lipinski definition) is 1. The van der Waals surface area contributed by atoms with E-state index in [1.807, 2.05) is 0 Å². The number of carbonyl (C=O) groups is 2. The van der Waals surface area contributed by atoms with Gasteiger partial charge in [-0.25, -0.2) is 0 Å². The minimum atomic E-state index is -0.384. The van der Waals surface area contributed by atoms with Crippen molar-refractivity contribution in [3.05, 3.63) is 18.0 Å². The number of nitrogens with zero attached hydrogens (tertiary/aromatic N) is 4. The molecule has 7 heteroatoms. The number of aryl methyl sites for hydroxylation is 1. The number of amides is 1. The summed E-state index contributed by atoms with van der Waals surface area (Å²) in [6.07, 6.45) is 10.7. The molecule has 0 saturated carbocycles. The summed E-state index contributed by atoms with van der Waals surface area (Å²) in [6.45, 7) is 0.484. The van der Waals surface area contributed by atoms with Gasteiger partial charge < -0.3 is 5.32 Å². The summed E-state index contributed by atoms with van der Waals surface area (Å²) in [5.74, 6) is 2.33. The van der Waals surface area contributed by atoms with Crippen LogP contribution in [0.4, 0.5) is 0 Å². The van der Waals surface area contributed by atoms with Gasteiger partial charge in [0.25, 0.3) is 0 Å². The molecule has 0 radical (unpaired) electrons. The number of rotatable bonds is 9. The van der Waals surface area contributed by atoms with Crippen LogP contribution in [-0.4, -0.2) is 33.7 Å². The van der Waals surface area contributed by atoms with Crippen LogP contribution in [0.1, 0.15) is 42.5 Å². The second-order valence-corrected chi connectivity index (χ2v) is 5.31. The maximum absolute atomic E-state index is 11.8. The first-order valence-electron chi connectivity index (χ1n) is 7.21. The van der Waals surface area contributed by atoms with E-state index >= 15 is 0 Å². The Morgan fingerprint density at radius 2 is 2.14 bits per heavy atom. The third-order valence-corrected chi connectivity index (χ3v) is 3.51. The topological polar surface area (TPSA) is 88.7 Å². The van der Waals surface area contributed by atoms with E-state index in [4.69, 9.17) is 6.42 Å². The van der Waals surface area contributed by atoms with Gasteiger partial charge in [0, 0.05) is 51.9 Å². The molecule has 116 valence electrons. The van der Waals surface area contributed by atoms with Gasteiger partial charge in [-0.05, 0) is 0 Å². The SMILES string of the molecule is C#CCCC1(CCNC(=O)CCC(=O)c2cnn(C)c2)N=N1. The van der Waals surface area contributed by atoms with Crippen molar-refractivity contribution in [2.75, 3.05) is 6.54 Å². The van der Waals surface area contributed by atoms with Gasteiger partial charge >= 0.3 is 0 Å². The zero-order valence-corrected chi connectivity index (χ0v) is 12.6. The molecule has 0 aromatic carbocycles. The molecule has 1 aliphatic rings. The molecule has 1 aromatic heterocycles. The standard InChI is InChI=1S/C15H19N5O2/c1-3-4-7-15(18-19-15)8-9-16-14(22)6-5-13(21)12-10-17-20(2)11-12/h1,10-11H,4-9H2,2H3,(H,16,22). The maximum Gasteiger partial charge on any atom is 0.220 e. The van der Waals surface area contributed by atoms with Crippen molar-refractivity contribution in [1.82, 2.24) is 15.1 Å². The molecule has 0 spiro atoms. The lowest BCUT2D eigenvalue weighted by Crippen LogP contribution is -2.28. The van der Waals surface area contributed by atoms with E-state index in [9.17, 15) is 9.59 Å². The molecule has 0 fully saturated rings. The van der Waals surface area contributed by atoms with E-state index in [1.165, 1.54) is 6.20 Å². The largest absolute Gasteiger partial charge is 0.356 e. The van der Waals surface area contributed by atoms with Gasteiger partial charge in [0.2, 0.25) is 5.91 Å². The quantitative estimate of drug-likeness (QED) is 0.553. The van der Waals surface area contributed by atoms with Gasteiger partial charge in [-0.2, -0.15) is 15.3 Å². The number of terminal acetylenes is 1. The average Bonchev–Trinajstić information content (AvgIpc) is 3.14. The summed E-state index contributed by atoms with van der Waals surface area (Å²) < 4.78 is 1.56. The lowest BCUT2D eigenvalue weighted by molar-refractivity contribution is -0.121. The molecule has 1 amide bonds. The van der Waals surface area contributed by atoms with E-state index in [-0.39, 0.29) is 30.2 Å². The molecular weight excluding hydrogens is 282 g/mol. The van der Waals surface area contributed by atoms with Crippen LogP contribution < -0.4 is 5.32 Å². The normalized spacial score (nSPS) is 14.4. The van der Waals surface area contributed by atoms with Crippen LogP contribution in [0.5, 0.6) is 0 Å². The summed E-state index contributed by atoms with van der Waals surface area (Å²) in [4.78, 5) is 23.6. The van der Waals surface area contributed by atoms with Crippen LogP contribution >= 0.6 is 0 Å². The monoisotopic (exact) mass is 301 g/mol. The van der Waals surface area contributed by atoms with Crippen molar-refractivity contribution in [1.29, 1.82) is 0 Å². The number of Topliss-reactive ketones (excluding diaryl/α,β-unsaturated/α-hetero) is 1. The number of carbonyl (C=O) groups excluding carboxylic acids is 2. The fraction of sp³-hybridized carbons (Fsp3) is 0.533. The van der Waals surface area contributed by atoms with Crippen molar-refractivity contribution < 1.29 is 9.59 Å². The molecule has 0 aliphatic carbocycles. The highest BCUT2D eigenvalue weighted by atomic mass is 16.2. The highest BCUT2D eigenvalue weighted by molar-refractivity contribution is 5.97. The molecule has 0 saturated heterocycles. The lowest BCUT2D eigenvalue weighted by atomic mass is 10.0. The Morgan fingerprint density at radius 3 is 2.73 bits per heavy atom. The Bertz CT molecular complexity index is 620. The molecule has 0 bridgehead atoms. The molecule has 0 atom stereocenters. The molecule has 1 aliphatic heterocycles. The third-order valence-electron chi connectivity index (χ3n) is 3.51. The van der Waals surface area contributed by atoms with Crippen molar-refractivity contribution in [3.8, 4) is 12.3 Å². The molecule has 1 N–H and O–H groups in total. The summed E-state index contributed by atoms with van der Waals surface area (Å²) in [5.41, 5.74) is 0.143. The van der Waals surface area contributed by atoms with Gasteiger partial charge in [0.05, 0.1) is 11.8 Å². The third kappa shape index (κ3) is 4.52. The van der Waals surface area contributed by atoms with Crippen LogP contribution in [0, 0.1) is 12.3 Å². The van der Waals surface area contributed by atoms with Crippen LogP contribution in [0.15, 0.2) is 22.6 Å². The van der Waals surface area contributed by atoms with Crippen molar-refractivity contribution in [2.24, 2.45) is 17.3 Å². The van der Waals surface area contributed by atoms with E-state index in [0.717, 1.165) is 6.42 Å². The van der Waals surface area contributed by atoms with Gasteiger partial charge in [-0.3, -0.25) is 14.3 Å². The Labute approximate surface area is 129 Å². The zero-order valence-electron chi connectivity index (χ0n) is 12.6. The van der Waals surface area contributed by atoms with E-state index in [0.29, 0.717) is 24.9 Å². The summed E-state index contributed by atoms with van der Waals surface area (Å²) >= 11 is 0. The Hall–Kier alpha value is -2.49. The number of ketones is 1. The highest BCUT2D eigenvalue weighted by Crippen LogP contribution is 2.35. The molecule has 0 unspecified atom stereocenters. The Balaban J connectivity index is 1.62. The van der Waals surface area contributed by atoms with Crippen molar-refractivity contribution >= 4 is 11.7 Å². The first kappa shape index (κ1) is 15.9. The Morgan fingerprint density at radius 1 is 1.36 bits per heavy atom. The molecule has 1 aromatic rings. The van der Waals surface area contributed by atoms with Gasteiger partial charge in [0.15, 0.2) is 11.4 Å². The minimum Gasteiger partial charge on any atom is -0.356 e. The lowest BCUT2D eigenvalue weighted by Gasteiger charge is -2.09. The summed E-state index contributed by atoms with van der Waals surface area (Å²) in [5, 5.41) is 14.7.